The molecule has 9 nitrogen and oxygen atoms in total. The van der Waals surface area contributed by atoms with E-state index < -0.39 is 49.3 Å². The van der Waals surface area contributed by atoms with Gasteiger partial charge in [0.05, 0.1) is 24.3 Å². The molecule has 5 atom stereocenters. The molecule has 1 aliphatic rings. The van der Waals surface area contributed by atoms with E-state index in [9.17, 15) is 30.3 Å². The number of hydrogen-bond donors (Lipinski definition) is 6. The minimum Gasteiger partial charge on any atom is -0.394 e. The maximum absolute atomic E-state index is 13.5. The zero-order valence-electron chi connectivity index (χ0n) is 19.7. The van der Waals surface area contributed by atoms with Crippen molar-refractivity contribution >= 4 is 43.5 Å². The van der Waals surface area contributed by atoms with Crippen molar-refractivity contribution in [2.45, 2.75) is 36.7 Å². The Morgan fingerprint density at radius 2 is 1.78 bits per heavy atom. The van der Waals surface area contributed by atoms with Gasteiger partial charge in [-0.2, -0.15) is 0 Å². The average molecular weight is 571 g/mol. The first-order valence-electron chi connectivity index (χ1n) is 11.8. The molecule has 2 heterocycles. The molecule has 4 aromatic rings. The van der Waals surface area contributed by atoms with Crippen molar-refractivity contribution in [1.29, 1.82) is 0 Å². The summed E-state index contributed by atoms with van der Waals surface area (Å²) in [6.07, 6.45) is -4.93. The number of ether oxygens (including phenoxy) is 1. The Bertz CT molecular complexity index is 1460. The average Bonchev–Trinajstić information content (AvgIpc) is 3.26. The lowest BCUT2D eigenvalue weighted by Crippen LogP contribution is -2.74. The Kier molecular flexibility index (Phi) is 7.08. The first-order valence-corrected chi connectivity index (χ1v) is 12.6. The molecule has 1 fully saturated rings. The van der Waals surface area contributed by atoms with Gasteiger partial charge in [0.25, 0.3) is 5.91 Å². The van der Waals surface area contributed by atoms with Gasteiger partial charge in [-0.1, -0.05) is 58.4 Å². The van der Waals surface area contributed by atoms with Gasteiger partial charge in [-0.05, 0) is 34.5 Å². The fourth-order valence-corrected chi connectivity index (χ4v) is 5.26. The summed E-state index contributed by atoms with van der Waals surface area (Å²) >= 11 is 3.49. The molecule has 1 aromatic heterocycles. The van der Waals surface area contributed by atoms with Crippen LogP contribution >= 0.6 is 15.9 Å². The highest BCUT2D eigenvalue weighted by molar-refractivity contribution is 9.10. The van der Waals surface area contributed by atoms with Crippen LogP contribution in [0.15, 0.2) is 71.3 Å². The van der Waals surface area contributed by atoms with Crippen molar-refractivity contribution < 1.29 is 35.1 Å². The molecule has 37 heavy (non-hydrogen) atoms. The van der Waals surface area contributed by atoms with Crippen LogP contribution in [0.3, 0.4) is 0 Å². The molecule has 0 saturated carbocycles. The maximum Gasteiger partial charge on any atom is 0.254 e. The predicted molar refractivity (Wildman–Crippen MR) is 140 cm³/mol. The van der Waals surface area contributed by atoms with Gasteiger partial charge in [0.1, 0.15) is 23.9 Å². The summed E-state index contributed by atoms with van der Waals surface area (Å²) in [6.45, 7) is -1.11. The van der Waals surface area contributed by atoms with Crippen LogP contribution in [0.5, 0.6) is 0 Å². The molecule has 0 aliphatic carbocycles. The molecule has 10 heteroatoms. The van der Waals surface area contributed by atoms with E-state index in [1.54, 1.807) is 18.3 Å². The number of aromatic nitrogens is 1. The Morgan fingerprint density at radius 3 is 2.51 bits per heavy atom. The molecule has 3 aromatic carbocycles. The summed E-state index contributed by atoms with van der Waals surface area (Å²) < 4.78 is 7.94. The number of amides is 1. The molecule has 0 radical (unpaired) electrons. The largest absolute Gasteiger partial charge is 0.394 e. The highest BCUT2D eigenvalue weighted by Crippen LogP contribution is 2.31. The Balaban J connectivity index is 1.51. The van der Waals surface area contributed by atoms with Gasteiger partial charge in [0.15, 0.2) is 6.29 Å². The van der Waals surface area contributed by atoms with Crippen LogP contribution in [-0.4, -0.2) is 79.4 Å². The van der Waals surface area contributed by atoms with Crippen molar-refractivity contribution in [3.05, 3.63) is 82.5 Å². The van der Waals surface area contributed by atoms with E-state index in [-0.39, 0.29) is 5.56 Å². The number of halogens is 1. The van der Waals surface area contributed by atoms with Gasteiger partial charge in [-0.15, -0.1) is 0 Å². The normalized spacial score (nSPS) is 26.0. The molecule has 0 spiro atoms. The summed E-state index contributed by atoms with van der Waals surface area (Å²) in [5.74, 6) is -0.685. The summed E-state index contributed by atoms with van der Waals surface area (Å²) in [5.41, 5.74) is -0.0648. The van der Waals surface area contributed by atoms with Crippen LogP contribution in [0.2, 0.25) is 0 Å². The number of hydrogen-bond acceptors (Lipinski definition) is 7. The van der Waals surface area contributed by atoms with Crippen molar-refractivity contribution in [1.82, 2.24) is 9.88 Å². The molecular weight excluding hydrogens is 544 g/mol. The molecule has 194 valence electrons. The molecule has 1 amide bonds. The SMILES string of the molecule is O=C(N[C@@]1(CO)C(O)O[C@H](CO)[C@@H](O)[C@@H]1O)c1cn(Cc2ccc3ccccc3c2)c2cc(Br)ccc12. The van der Waals surface area contributed by atoms with E-state index in [1.807, 2.05) is 47.0 Å². The number of nitrogens with one attached hydrogen (secondary N) is 1. The zero-order chi connectivity index (χ0) is 26.3. The van der Waals surface area contributed by atoms with Crippen molar-refractivity contribution in [3.63, 3.8) is 0 Å². The number of benzene rings is 3. The van der Waals surface area contributed by atoms with Crippen LogP contribution in [0.1, 0.15) is 15.9 Å². The highest BCUT2D eigenvalue weighted by atomic mass is 79.9. The third-order valence-electron chi connectivity index (χ3n) is 7.02. The minimum absolute atomic E-state index is 0.245. The van der Waals surface area contributed by atoms with E-state index in [1.165, 1.54) is 0 Å². The standard InChI is InChI=1S/C27H27BrN2O7/c28-18-7-8-19-20(25(35)29-27(14-32)24(34)23(33)22(13-31)37-26(27)36)12-30(21(19)10-18)11-15-5-6-16-3-1-2-4-17(16)9-15/h1-10,12,22-24,26,31-34,36H,11,13-14H2,(H,29,35)/t22-,23-,24+,26?,27-/m1/s1. The van der Waals surface area contributed by atoms with Gasteiger partial charge in [0, 0.05) is 22.6 Å². The topological polar surface area (TPSA) is 144 Å². The number of aliphatic hydroxyl groups excluding tert-OH is 5. The quantitative estimate of drug-likeness (QED) is 0.206. The van der Waals surface area contributed by atoms with Gasteiger partial charge < -0.3 is 40.2 Å². The van der Waals surface area contributed by atoms with Gasteiger partial charge >= 0.3 is 0 Å². The third-order valence-corrected chi connectivity index (χ3v) is 7.51. The lowest BCUT2D eigenvalue weighted by atomic mass is 9.83. The van der Waals surface area contributed by atoms with E-state index >= 15 is 0 Å². The minimum atomic E-state index is -2.11. The van der Waals surface area contributed by atoms with Crippen molar-refractivity contribution in [2.24, 2.45) is 0 Å². The lowest BCUT2D eigenvalue weighted by Gasteiger charge is -2.48. The van der Waals surface area contributed by atoms with Crippen LogP contribution < -0.4 is 5.32 Å². The summed E-state index contributed by atoms with van der Waals surface area (Å²) in [4.78, 5) is 13.5. The first-order chi connectivity index (χ1) is 17.8. The smallest absolute Gasteiger partial charge is 0.254 e. The number of carbonyl (C=O) groups is 1. The summed E-state index contributed by atoms with van der Waals surface area (Å²) in [5, 5.41) is 56.4. The molecular formula is C27H27BrN2O7. The second-order valence-corrected chi connectivity index (χ2v) is 10.2. The Hall–Kier alpha value is -2.83. The van der Waals surface area contributed by atoms with Crippen molar-refractivity contribution in [2.75, 3.05) is 13.2 Å². The zero-order valence-corrected chi connectivity index (χ0v) is 21.2. The van der Waals surface area contributed by atoms with Crippen LogP contribution in [-0.2, 0) is 11.3 Å². The molecule has 6 N–H and O–H groups in total. The number of fused-ring (bicyclic) bond motifs is 2. The maximum atomic E-state index is 13.5. The predicted octanol–water partition coefficient (Wildman–Crippen LogP) is 1.50. The number of aliphatic hydroxyl groups is 5. The van der Waals surface area contributed by atoms with Crippen molar-refractivity contribution in [3.8, 4) is 0 Å². The van der Waals surface area contributed by atoms with E-state index in [4.69, 9.17) is 4.74 Å². The number of rotatable bonds is 6. The second-order valence-electron chi connectivity index (χ2n) is 9.31. The second kappa shape index (κ2) is 10.1. The highest BCUT2D eigenvalue weighted by Gasteiger charge is 2.56. The van der Waals surface area contributed by atoms with Gasteiger partial charge in [-0.3, -0.25) is 4.79 Å². The summed E-state index contributed by atoms with van der Waals surface area (Å²) in [7, 11) is 0. The van der Waals surface area contributed by atoms with E-state index in [0.29, 0.717) is 11.9 Å². The fourth-order valence-electron chi connectivity index (χ4n) is 4.91. The Labute approximate surface area is 220 Å². The van der Waals surface area contributed by atoms with Crippen LogP contribution in [0.25, 0.3) is 21.7 Å². The van der Waals surface area contributed by atoms with E-state index in [2.05, 4.69) is 27.3 Å². The summed E-state index contributed by atoms with van der Waals surface area (Å²) in [6, 6.07) is 19.7. The molecule has 1 saturated heterocycles. The lowest BCUT2D eigenvalue weighted by molar-refractivity contribution is -0.288. The molecule has 1 unspecified atom stereocenters. The molecule has 1 aliphatic heterocycles. The third kappa shape index (κ3) is 4.55. The van der Waals surface area contributed by atoms with Crippen LogP contribution in [0, 0.1) is 0 Å². The number of nitrogens with zero attached hydrogens (tertiary/aromatic N) is 1. The van der Waals surface area contributed by atoms with Gasteiger partial charge in [-0.25, -0.2) is 0 Å². The molecule has 5 rings (SSSR count). The first kappa shape index (κ1) is 25.8. The van der Waals surface area contributed by atoms with Crippen LogP contribution in [0.4, 0.5) is 0 Å². The Morgan fingerprint density at radius 1 is 1.03 bits per heavy atom. The van der Waals surface area contributed by atoms with Gasteiger partial charge in [0.2, 0.25) is 0 Å². The molecule has 0 bridgehead atoms. The van der Waals surface area contributed by atoms with E-state index in [0.717, 1.165) is 26.3 Å². The monoisotopic (exact) mass is 570 g/mol. The number of carbonyl (C=O) groups excluding carboxylic acids is 1. The fraction of sp³-hybridized carbons (Fsp3) is 0.296.